The Morgan fingerprint density at radius 2 is 1.85 bits per heavy atom. The lowest BCUT2D eigenvalue weighted by Crippen LogP contribution is -2.61. The van der Waals surface area contributed by atoms with Gasteiger partial charge < -0.3 is 0 Å². The fourth-order valence-electron chi connectivity index (χ4n) is 3.34. The van der Waals surface area contributed by atoms with Gasteiger partial charge in [-0.15, -0.1) is 0 Å². The number of likely N-dealkylation sites (N-methyl/N-ethyl adjacent to an activating group) is 2. The van der Waals surface area contributed by atoms with Crippen molar-refractivity contribution in [2.75, 3.05) is 27.2 Å². The number of aliphatic imine (C=N–C) groups is 1. The zero-order chi connectivity index (χ0) is 19.6. The number of rotatable bonds is 6. The Morgan fingerprint density at radius 1 is 1.15 bits per heavy atom. The lowest BCUT2D eigenvalue weighted by molar-refractivity contribution is -0.538. The Morgan fingerprint density at radius 3 is 2.52 bits per heavy atom. The molecule has 1 aromatic rings. The van der Waals surface area contributed by atoms with Gasteiger partial charge in [0, 0.05) is 20.5 Å². The number of carbonyl (C=O) groups is 2. The van der Waals surface area contributed by atoms with Crippen LogP contribution < -0.4 is 5.32 Å². The van der Waals surface area contributed by atoms with Gasteiger partial charge in [-0.1, -0.05) is 49.2 Å². The van der Waals surface area contributed by atoms with Crippen molar-refractivity contribution in [3.63, 3.8) is 0 Å². The van der Waals surface area contributed by atoms with Crippen LogP contribution >= 0.6 is 0 Å². The van der Waals surface area contributed by atoms with Crippen molar-refractivity contribution in [1.29, 1.82) is 0 Å². The number of hydrogen-bond donors (Lipinski definition) is 1. The van der Waals surface area contributed by atoms with E-state index in [4.69, 9.17) is 0 Å². The predicted molar refractivity (Wildman–Crippen MR) is 105 cm³/mol. The molecule has 3 amide bonds. The van der Waals surface area contributed by atoms with Crippen molar-refractivity contribution in [1.82, 2.24) is 15.1 Å². The number of urea groups is 1. The highest BCUT2D eigenvalue weighted by Gasteiger charge is 2.51. The van der Waals surface area contributed by atoms with Crippen LogP contribution in [0.25, 0.3) is 0 Å². The molecule has 144 valence electrons. The quantitative estimate of drug-likeness (QED) is 0.773. The van der Waals surface area contributed by atoms with E-state index in [0.717, 1.165) is 12.8 Å². The van der Waals surface area contributed by atoms with Gasteiger partial charge in [-0.05, 0) is 17.9 Å². The van der Waals surface area contributed by atoms with Crippen LogP contribution in [0.15, 0.2) is 35.3 Å². The molecule has 7 heteroatoms. The molecule has 1 fully saturated rings. The third-order valence-corrected chi connectivity index (χ3v) is 5.02. The summed E-state index contributed by atoms with van der Waals surface area (Å²) in [7, 11) is 3.20. The fraction of sp³-hybridized carbons (Fsp3) is 0.500. The van der Waals surface area contributed by atoms with Crippen molar-refractivity contribution >= 4 is 23.7 Å². The molecule has 2 aliphatic rings. The van der Waals surface area contributed by atoms with Crippen LogP contribution in [-0.4, -0.2) is 71.3 Å². The summed E-state index contributed by atoms with van der Waals surface area (Å²) in [4.78, 5) is 32.3. The van der Waals surface area contributed by atoms with E-state index in [1.54, 1.807) is 7.05 Å². The molecule has 1 N–H and O–H groups in total. The molecule has 1 unspecified atom stereocenters. The average molecular weight is 370 g/mol. The van der Waals surface area contributed by atoms with E-state index in [0.29, 0.717) is 30.8 Å². The molecule has 27 heavy (non-hydrogen) atoms. The van der Waals surface area contributed by atoms with Crippen molar-refractivity contribution in [2.45, 2.75) is 32.7 Å². The molecule has 0 spiro atoms. The molecule has 1 atom stereocenters. The molecule has 0 radical (unpaired) electrons. The van der Waals surface area contributed by atoms with Gasteiger partial charge in [-0.3, -0.25) is 19.9 Å². The molecular formula is C20H28N5O2+. The Balaban J connectivity index is 1.81. The number of amides is 3. The first-order valence-electron chi connectivity index (χ1n) is 9.45. The van der Waals surface area contributed by atoms with Gasteiger partial charge >= 0.3 is 12.0 Å². The van der Waals surface area contributed by atoms with E-state index in [1.807, 2.05) is 22.8 Å². The highest BCUT2D eigenvalue weighted by Crippen LogP contribution is 2.19. The van der Waals surface area contributed by atoms with Gasteiger partial charge in [0.05, 0.1) is 13.1 Å². The number of carbonyl (C=O) groups excluding carboxylic acids is 2. The first-order chi connectivity index (χ1) is 12.9. The Bertz CT molecular complexity index is 785. The summed E-state index contributed by atoms with van der Waals surface area (Å²) in [6.07, 6.45) is 1.80. The Kier molecular flexibility index (Phi) is 5.58. The first-order valence-corrected chi connectivity index (χ1v) is 9.45. The number of fused-ring (bicyclic) bond motifs is 1. The topological polar surface area (TPSA) is 68.0 Å². The minimum absolute atomic E-state index is 0.222. The van der Waals surface area contributed by atoms with E-state index < -0.39 is 6.04 Å². The smallest absolute Gasteiger partial charge is 0.274 e. The maximum atomic E-state index is 12.8. The molecule has 2 heterocycles. The minimum atomic E-state index is -0.532. The molecule has 1 saturated heterocycles. The maximum absolute atomic E-state index is 12.8. The largest absolute Gasteiger partial charge is 0.390 e. The molecule has 2 aliphatic heterocycles. The molecular weight excluding hydrogens is 342 g/mol. The standard InChI is InChI=1S/C20H27N5O2/c1-14(2)11-13-25-16-17(23(3)20(27)24(4)18(16)26)22-19(25)21-12-10-15-8-6-5-7-9-15/h5-9,14,16H,10-13H2,1-4H3/p+1. The highest BCUT2D eigenvalue weighted by molar-refractivity contribution is 6.22. The summed E-state index contributed by atoms with van der Waals surface area (Å²) in [5.41, 5.74) is 1.24. The number of amidine groups is 1. The second kappa shape index (κ2) is 7.90. The average Bonchev–Trinajstić information content (AvgIpc) is 3.02. The van der Waals surface area contributed by atoms with Crippen LogP contribution in [0.1, 0.15) is 25.8 Å². The molecule has 3 rings (SSSR count). The van der Waals surface area contributed by atoms with Crippen molar-refractivity contribution in [3.05, 3.63) is 35.9 Å². The second-order valence-electron chi connectivity index (χ2n) is 7.47. The van der Waals surface area contributed by atoms with Gasteiger partial charge in [-0.25, -0.2) is 9.37 Å². The first kappa shape index (κ1) is 19.1. The van der Waals surface area contributed by atoms with Crippen LogP contribution in [0.2, 0.25) is 0 Å². The zero-order valence-corrected chi connectivity index (χ0v) is 16.5. The van der Waals surface area contributed by atoms with Crippen molar-refractivity contribution in [3.8, 4) is 0 Å². The van der Waals surface area contributed by atoms with Crippen LogP contribution in [-0.2, 0) is 11.2 Å². The van der Waals surface area contributed by atoms with Gasteiger partial charge in [0.15, 0.2) is 0 Å². The lowest BCUT2D eigenvalue weighted by Gasteiger charge is -2.31. The van der Waals surface area contributed by atoms with E-state index in [2.05, 4.69) is 36.3 Å². The summed E-state index contributed by atoms with van der Waals surface area (Å²) in [6.45, 7) is 5.74. The van der Waals surface area contributed by atoms with E-state index >= 15 is 0 Å². The maximum Gasteiger partial charge on any atom is 0.390 e. The van der Waals surface area contributed by atoms with Crippen LogP contribution in [0.4, 0.5) is 4.79 Å². The highest BCUT2D eigenvalue weighted by atomic mass is 16.2. The van der Waals surface area contributed by atoms with E-state index in [-0.39, 0.29) is 11.9 Å². The minimum Gasteiger partial charge on any atom is -0.274 e. The summed E-state index contributed by atoms with van der Waals surface area (Å²) in [5, 5.41) is 3.38. The van der Waals surface area contributed by atoms with Gasteiger partial charge in [0.1, 0.15) is 0 Å². The lowest BCUT2D eigenvalue weighted by atomic mass is 10.1. The SMILES string of the molecule is CC(C)CC[N+]1=C(NCCc2ccccc2)N=C2C1C(=O)N(C)C(=O)N2C. The fourth-order valence-corrected chi connectivity index (χ4v) is 3.34. The monoisotopic (exact) mass is 370 g/mol. The number of imide groups is 1. The summed E-state index contributed by atoms with van der Waals surface area (Å²) in [6, 6.07) is 9.36. The second-order valence-corrected chi connectivity index (χ2v) is 7.47. The Labute approximate surface area is 160 Å². The number of hydrogen-bond acceptors (Lipinski definition) is 4. The zero-order valence-electron chi connectivity index (χ0n) is 16.5. The van der Waals surface area contributed by atoms with Gasteiger partial charge in [-0.2, -0.15) is 0 Å². The number of nitrogens with one attached hydrogen (secondary N) is 1. The van der Waals surface area contributed by atoms with Crippen molar-refractivity contribution in [2.24, 2.45) is 10.9 Å². The molecule has 1 aromatic carbocycles. The van der Waals surface area contributed by atoms with Crippen LogP contribution in [0, 0.1) is 5.92 Å². The van der Waals surface area contributed by atoms with E-state index in [9.17, 15) is 9.59 Å². The number of nitrogens with zero attached hydrogens (tertiary/aromatic N) is 4. The molecule has 0 aliphatic carbocycles. The Hall–Kier alpha value is -2.70. The van der Waals surface area contributed by atoms with Gasteiger partial charge in [0.2, 0.25) is 11.9 Å². The summed E-state index contributed by atoms with van der Waals surface area (Å²) < 4.78 is 2.00. The normalized spacial score (nSPS) is 19.7. The molecule has 0 saturated carbocycles. The summed E-state index contributed by atoms with van der Waals surface area (Å²) >= 11 is 0. The van der Waals surface area contributed by atoms with Crippen molar-refractivity contribution < 1.29 is 14.2 Å². The van der Waals surface area contributed by atoms with Crippen LogP contribution in [0.5, 0.6) is 0 Å². The van der Waals surface area contributed by atoms with Gasteiger partial charge in [0.25, 0.3) is 5.91 Å². The predicted octanol–water partition coefficient (Wildman–Crippen LogP) is 1.54. The number of guanidine groups is 1. The third kappa shape index (κ3) is 3.86. The molecule has 7 nitrogen and oxygen atoms in total. The summed E-state index contributed by atoms with van der Waals surface area (Å²) in [5.74, 6) is 1.47. The van der Waals surface area contributed by atoms with E-state index in [1.165, 1.54) is 22.4 Å². The van der Waals surface area contributed by atoms with Crippen LogP contribution in [0.3, 0.4) is 0 Å². The number of benzene rings is 1. The molecule has 0 bridgehead atoms. The molecule has 0 aromatic heterocycles. The third-order valence-electron chi connectivity index (χ3n) is 5.02.